The molecule has 1 fully saturated rings. The van der Waals surface area contributed by atoms with Gasteiger partial charge in [-0.25, -0.2) is 15.2 Å². The Kier molecular flexibility index (Phi) is 6.70. The van der Waals surface area contributed by atoms with E-state index in [-0.39, 0.29) is 30.9 Å². The zero-order valence-corrected chi connectivity index (χ0v) is 15.0. The molecule has 142 valence electrons. The number of benzene rings is 2. The van der Waals surface area contributed by atoms with Crippen LogP contribution in [0.25, 0.3) is 6.08 Å². The van der Waals surface area contributed by atoms with Crippen LogP contribution in [-0.4, -0.2) is 41.7 Å². The van der Waals surface area contributed by atoms with E-state index in [1.54, 1.807) is 23.1 Å². The second kappa shape index (κ2) is 9.41. The Morgan fingerprint density at radius 1 is 1.15 bits per heavy atom. The van der Waals surface area contributed by atoms with Gasteiger partial charge in [0.1, 0.15) is 11.9 Å². The van der Waals surface area contributed by atoms with Crippen molar-refractivity contribution in [3.63, 3.8) is 0 Å². The van der Waals surface area contributed by atoms with E-state index < -0.39 is 6.04 Å². The Bertz CT molecular complexity index is 782. The lowest BCUT2D eigenvalue weighted by Gasteiger charge is -2.23. The summed E-state index contributed by atoms with van der Waals surface area (Å²) in [6.07, 6.45) is 4.30. The highest BCUT2D eigenvalue weighted by Crippen LogP contribution is 2.25. The number of hydrogen-bond acceptors (Lipinski definition) is 4. The third-order valence-corrected chi connectivity index (χ3v) is 4.60. The molecule has 0 saturated carbocycles. The fourth-order valence-electron chi connectivity index (χ4n) is 3.19. The van der Waals surface area contributed by atoms with Crippen LogP contribution in [0.4, 0.5) is 4.39 Å². The minimum atomic E-state index is -0.466. The Balaban J connectivity index is 1.61. The first kappa shape index (κ1) is 19.2. The summed E-state index contributed by atoms with van der Waals surface area (Å²) in [5.41, 5.74) is 7.56. The van der Waals surface area contributed by atoms with Gasteiger partial charge in [0.15, 0.2) is 0 Å². The topological polar surface area (TPSA) is 64.6 Å². The zero-order chi connectivity index (χ0) is 19.1. The van der Waals surface area contributed by atoms with Crippen molar-refractivity contribution in [3.05, 3.63) is 77.6 Å². The number of hydrazine groups is 1. The highest BCUT2D eigenvalue weighted by molar-refractivity contribution is 5.82. The number of amides is 1. The molecule has 0 radical (unpaired) electrons. The molecule has 27 heavy (non-hydrogen) atoms. The maximum absolute atomic E-state index is 14.0. The Morgan fingerprint density at radius 3 is 2.63 bits per heavy atom. The Hall–Kier alpha value is -2.54. The van der Waals surface area contributed by atoms with Crippen LogP contribution in [0.5, 0.6) is 0 Å². The summed E-state index contributed by atoms with van der Waals surface area (Å²) in [5.74, 6) is -0.406. The van der Waals surface area contributed by atoms with Gasteiger partial charge in [0.05, 0.1) is 12.6 Å². The average Bonchev–Trinajstić information content (AvgIpc) is 3.18. The first-order chi connectivity index (χ1) is 13.2. The number of aliphatic hydroxyl groups excluding tert-OH is 1. The van der Waals surface area contributed by atoms with E-state index in [0.717, 1.165) is 5.56 Å². The molecule has 1 amide bonds. The van der Waals surface area contributed by atoms with Gasteiger partial charge >= 0.3 is 0 Å². The van der Waals surface area contributed by atoms with Crippen molar-refractivity contribution in [1.29, 1.82) is 0 Å². The van der Waals surface area contributed by atoms with E-state index in [1.165, 1.54) is 6.07 Å². The predicted molar refractivity (Wildman–Crippen MR) is 103 cm³/mol. The summed E-state index contributed by atoms with van der Waals surface area (Å²) >= 11 is 0. The maximum Gasteiger partial charge on any atom is 0.241 e. The van der Waals surface area contributed by atoms with Gasteiger partial charge < -0.3 is 10.0 Å². The van der Waals surface area contributed by atoms with Crippen LogP contribution in [0.3, 0.4) is 0 Å². The van der Waals surface area contributed by atoms with Gasteiger partial charge in [0, 0.05) is 18.7 Å². The van der Waals surface area contributed by atoms with Crippen molar-refractivity contribution < 1.29 is 14.3 Å². The minimum Gasteiger partial charge on any atom is -0.395 e. The highest BCUT2D eigenvalue weighted by Gasteiger charge is 2.33. The van der Waals surface area contributed by atoms with Crippen LogP contribution in [-0.2, 0) is 4.79 Å². The lowest BCUT2D eigenvalue weighted by atomic mass is 10.0. The molecular formula is C21H24FN3O2. The van der Waals surface area contributed by atoms with Gasteiger partial charge in [-0.05, 0) is 18.1 Å². The molecule has 1 heterocycles. The summed E-state index contributed by atoms with van der Waals surface area (Å²) in [4.78, 5) is 14.4. The summed E-state index contributed by atoms with van der Waals surface area (Å²) in [5, 5.41) is 9.31. The molecule has 0 aromatic heterocycles. The fourth-order valence-corrected chi connectivity index (χ4v) is 3.19. The van der Waals surface area contributed by atoms with E-state index in [0.29, 0.717) is 18.5 Å². The molecule has 0 aliphatic carbocycles. The van der Waals surface area contributed by atoms with Crippen LogP contribution in [0.1, 0.15) is 23.6 Å². The molecule has 2 unspecified atom stereocenters. The third kappa shape index (κ3) is 5.01. The number of nitrogens with zero attached hydrogens (tertiary/aromatic N) is 1. The highest BCUT2D eigenvalue weighted by atomic mass is 19.1. The molecule has 1 aliphatic rings. The summed E-state index contributed by atoms with van der Waals surface area (Å²) < 4.78 is 14.0. The molecule has 6 heteroatoms. The van der Waals surface area contributed by atoms with Crippen molar-refractivity contribution in [1.82, 2.24) is 15.8 Å². The number of carbonyl (C=O) groups excluding carboxylic acids is 1. The first-order valence-electron chi connectivity index (χ1n) is 9.05. The van der Waals surface area contributed by atoms with Crippen LogP contribution < -0.4 is 10.9 Å². The van der Waals surface area contributed by atoms with Crippen molar-refractivity contribution in [2.24, 2.45) is 0 Å². The number of hydrogen-bond donors (Lipinski definition) is 3. The zero-order valence-electron chi connectivity index (χ0n) is 15.0. The van der Waals surface area contributed by atoms with Crippen molar-refractivity contribution in [3.8, 4) is 0 Å². The van der Waals surface area contributed by atoms with Gasteiger partial charge in [-0.1, -0.05) is 60.7 Å². The van der Waals surface area contributed by atoms with Crippen LogP contribution in [0.15, 0.2) is 60.7 Å². The molecule has 2 atom stereocenters. The first-order valence-corrected chi connectivity index (χ1v) is 9.05. The average molecular weight is 369 g/mol. The van der Waals surface area contributed by atoms with Gasteiger partial charge in [-0.15, -0.1) is 0 Å². The number of rotatable bonds is 7. The summed E-state index contributed by atoms with van der Waals surface area (Å²) in [6.45, 7) is 0.541. The molecule has 1 aliphatic heterocycles. The number of halogens is 1. The van der Waals surface area contributed by atoms with E-state index in [9.17, 15) is 14.3 Å². The van der Waals surface area contributed by atoms with Gasteiger partial charge in [0.25, 0.3) is 0 Å². The van der Waals surface area contributed by atoms with Crippen LogP contribution >= 0.6 is 0 Å². The molecule has 5 nitrogen and oxygen atoms in total. The third-order valence-electron chi connectivity index (χ3n) is 4.60. The Labute approximate surface area is 158 Å². The lowest BCUT2D eigenvalue weighted by molar-refractivity contribution is -0.133. The standard InChI is InChI=1S/C21H24FN3O2/c22-18-11-5-4-10-17(18)19-15-20(24-23-19)21(27)25(13-14-26)12-6-9-16-7-2-1-3-8-16/h1-11,19-20,23-24,26H,12-15H2/b9-6+. The van der Waals surface area contributed by atoms with Crippen LogP contribution in [0, 0.1) is 5.82 Å². The monoisotopic (exact) mass is 369 g/mol. The van der Waals surface area contributed by atoms with Crippen molar-refractivity contribution in [2.45, 2.75) is 18.5 Å². The summed E-state index contributed by atoms with van der Waals surface area (Å²) in [6, 6.07) is 15.6. The Morgan fingerprint density at radius 2 is 1.89 bits per heavy atom. The van der Waals surface area contributed by atoms with Gasteiger partial charge in [-0.3, -0.25) is 4.79 Å². The molecule has 0 spiro atoms. The second-order valence-electron chi connectivity index (χ2n) is 6.47. The van der Waals surface area contributed by atoms with Crippen molar-refractivity contribution in [2.75, 3.05) is 19.7 Å². The number of nitrogens with one attached hydrogen (secondary N) is 2. The quantitative estimate of drug-likeness (QED) is 0.701. The molecule has 3 rings (SSSR count). The maximum atomic E-state index is 14.0. The van der Waals surface area contributed by atoms with Crippen molar-refractivity contribution >= 4 is 12.0 Å². The minimum absolute atomic E-state index is 0.109. The fraction of sp³-hybridized carbons (Fsp3) is 0.286. The molecule has 3 N–H and O–H groups in total. The lowest BCUT2D eigenvalue weighted by Crippen LogP contribution is -2.46. The smallest absolute Gasteiger partial charge is 0.241 e. The normalized spacial score (nSPS) is 19.5. The number of aliphatic hydroxyl groups is 1. The van der Waals surface area contributed by atoms with E-state index in [1.807, 2.05) is 42.5 Å². The molecule has 2 aromatic rings. The SMILES string of the molecule is O=C(C1CC(c2ccccc2F)NN1)N(C/C=C/c1ccccc1)CCO. The molecule has 1 saturated heterocycles. The predicted octanol–water partition coefficient (Wildman–Crippen LogP) is 2.27. The van der Waals surface area contributed by atoms with E-state index in [4.69, 9.17) is 0 Å². The number of carbonyl (C=O) groups is 1. The van der Waals surface area contributed by atoms with Crippen LogP contribution in [0.2, 0.25) is 0 Å². The van der Waals surface area contributed by atoms with Gasteiger partial charge in [0.2, 0.25) is 5.91 Å². The summed E-state index contributed by atoms with van der Waals surface area (Å²) in [7, 11) is 0. The molecular weight excluding hydrogens is 345 g/mol. The largest absolute Gasteiger partial charge is 0.395 e. The second-order valence-corrected chi connectivity index (χ2v) is 6.47. The molecule has 0 bridgehead atoms. The van der Waals surface area contributed by atoms with E-state index >= 15 is 0 Å². The van der Waals surface area contributed by atoms with E-state index in [2.05, 4.69) is 10.9 Å². The van der Waals surface area contributed by atoms with Gasteiger partial charge in [-0.2, -0.15) is 0 Å². The molecule has 2 aromatic carbocycles.